The number of aromatic hydroxyl groups is 1. The van der Waals surface area contributed by atoms with Crippen LogP contribution in [0.1, 0.15) is 58.5 Å². The first-order chi connectivity index (χ1) is 17.3. The summed E-state index contributed by atoms with van der Waals surface area (Å²) in [4.78, 5) is 11.5. The fourth-order valence-electron chi connectivity index (χ4n) is 4.38. The first-order valence-electron chi connectivity index (χ1n) is 12.6. The fourth-order valence-corrected chi connectivity index (χ4v) is 5.24. The van der Waals surface area contributed by atoms with Gasteiger partial charge < -0.3 is 20.3 Å². The number of aromatic nitrogens is 2. The Labute approximate surface area is 235 Å². The molecule has 3 aromatic rings. The molecule has 0 aliphatic carbocycles. The zero-order valence-corrected chi connectivity index (χ0v) is 25.0. The van der Waals surface area contributed by atoms with Crippen molar-refractivity contribution in [2.45, 2.75) is 58.9 Å². The molecule has 8 heteroatoms. The molecule has 38 heavy (non-hydrogen) atoms. The third-order valence-electron chi connectivity index (χ3n) is 6.59. The second kappa shape index (κ2) is 11.4. The summed E-state index contributed by atoms with van der Waals surface area (Å²) in [6.07, 6.45) is 5.93. The van der Waals surface area contributed by atoms with Crippen LogP contribution >= 0.6 is 12.4 Å². The average Bonchev–Trinajstić information content (AvgIpc) is 3.45. The molecule has 4 rings (SSSR count). The number of benzene rings is 2. The molecule has 6 nitrogen and oxygen atoms in total. The molecule has 0 radical (unpaired) electrons. The number of nitrogens with one attached hydrogen (secondary N) is 3. The number of phenolic OH excluding ortho intramolecular Hbond substituents is 1. The number of aromatic amines is 1. The number of hydrogen-bond donors (Lipinski definition) is 4. The highest BCUT2D eigenvalue weighted by Gasteiger charge is 2.27. The maximum Gasteiger partial charge on any atom is 0.126 e. The molecule has 1 aliphatic rings. The van der Waals surface area contributed by atoms with Crippen LogP contribution in [0.25, 0.3) is 11.3 Å². The Bertz CT molecular complexity index is 1330. The van der Waals surface area contributed by atoms with Crippen LogP contribution in [0.3, 0.4) is 0 Å². The maximum absolute atomic E-state index is 11.0. The Morgan fingerprint density at radius 1 is 1.03 bits per heavy atom. The molecule has 0 saturated carbocycles. The summed E-state index contributed by atoms with van der Waals surface area (Å²) in [6.45, 7) is 14.1. The molecule has 0 bridgehead atoms. The Balaban J connectivity index is 0.00000400. The molecule has 2 aromatic carbocycles. The van der Waals surface area contributed by atoms with Crippen LogP contribution in [-0.2, 0) is 28.1 Å². The van der Waals surface area contributed by atoms with Gasteiger partial charge in [0.2, 0.25) is 0 Å². The molecule has 4 N–H and O–H groups in total. The summed E-state index contributed by atoms with van der Waals surface area (Å²) in [7, 11) is 1.55. The van der Waals surface area contributed by atoms with Crippen LogP contribution in [0.4, 0.5) is 11.4 Å². The molecular formula is C30H40ClN5OS. The van der Waals surface area contributed by atoms with Crippen molar-refractivity contribution < 1.29 is 5.11 Å². The molecule has 204 valence electrons. The number of allylic oxidation sites excluding steroid dienone is 2. The van der Waals surface area contributed by atoms with Crippen molar-refractivity contribution in [3.8, 4) is 17.0 Å². The molecule has 0 spiro atoms. The van der Waals surface area contributed by atoms with Crippen LogP contribution in [0.15, 0.2) is 65.1 Å². The Morgan fingerprint density at radius 2 is 1.63 bits per heavy atom. The predicted molar refractivity (Wildman–Crippen MR) is 165 cm³/mol. The quantitative estimate of drug-likeness (QED) is 0.242. The van der Waals surface area contributed by atoms with Gasteiger partial charge in [-0.3, -0.25) is 4.78 Å². The summed E-state index contributed by atoms with van der Waals surface area (Å²) in [6, 6.07) is 12.5. The van der Waals surface area contributed by atoms with E-state index in [0.29, 0.717) is 18.8 Å². The highest BCUT2D eigenvalue weighted by molar-refractivity contribution is 7.93. The van der Waals surface area contributed by atoms with Crippen molar-refractivity contribution in [3.05, 3.63) is 82.0 Å². The lowest BCUT2D eigenvalue weighted by Gasteiger charge is -2.28. The monoisotopic (exact) mass is 553 g/mol. The van der Waals surface area contributed by atoms with Crippen LogP contribution in [0, 0.1) is 4.78 Å². The van der Waals surface area contributed by atoms with Gasteiger partial charge in [-0.1, -0.05) is 58.3 Å². The van der Waals surface area contributed by atoms with Crippen LogP contribution < -0.4 is 10.2 Å². The number of anilines is 2. The molecule has 0 fully saturated rings. The SMILES string of the molecule is CN(Cc1nc(-c2cc(C(C)(C)C)c(O)c(C(C)(C)C)c2)c[nH]1)c1ccc(NCC2=CC=CS2=N)cc1.Cl. The Kier molecular flexibility index (Phi) is 8.84. The number of H-pyrrole nitrogens is 1. The number of phenols is 1. The molecular weight excluding hydrogens is 514 g/mol. The van der Waals surface area contributed by atoms with E-state index in [2.05, 4.69) is 100 Å². The van der Waals surface area contributed by atoms with Crippen LogP contribution in [0.2, 0.25) is 0 Å². The summed E-state index contributed by atoms with van der Waals surface area (Å²) in [5.41, 5.74) is 5.52. The van der Waals surface area contributed by atoms with Gasteiger partial charge in [0.25, 0.3) is 0 Å². The summed E-state index contributed by atoms with van der Waals surface area (Å²) < 4.78 is 8.00. The van der Waals surface area contributed by atoms with Crippen molar-refractivity contribution in [3.63, 3.8) is 0 Å². The number of imidazole rings is 1. The number of nitrogens with zero attached hydrogens (tertiary/aromatic N) is 2. The van der Waals surface area contributed by atoms with Crippen molar-refractivity contribution in [2.24, 2.45) is 0 Å². The molecule has 0 amide bonds. The highest BCUT2D eigenvalue weighted by Crippen LogP contribution is 2.41. The van der Waals surface area contributed by atoms with Gasteiger partial charge in [0.05, 0.1) is 12.2 Å². The van der Waals surface area contributed by atoms with Crippen molar-refractivity contribution in [1.29, 1.82) is 4.78 Å². The second-order valence-electron chi connectivity index (χ2n) is 11.7. The standard InChI is InChI=1S/C30H39N5OS.ClH/c1-29(2,3)24-15-20(16-25(28(24)36)30(4,5)6)26-18-33-27(34-26)19-35(7)22-12-10-21(11-13-22)32-17-23-9-8-14-37(23)31;/h8-16,18,31-32,36H,17,19H2,1-7H3,(H,33,34);1H. The van der Waals surface area contributed by atoms with Gasteiger partial charge >= 0.3 is 0 Å². The zero-order chi connectivity index (χ0) is 27.0. The average molecular weight is 554 g/mol. The summed E-state index contributed by atoms with van der Waals surface area (Å²) in [5.74, 6) is 1.26. The van der Waals surface area contributed by atoms with Crippen LogP contribution in [0.5, 0.6) is 5.75 Å². The summed E-state index contributed by atoms with van der Waals surface area (Å²) >= 11 is 0. The van der Waals surface area contributed by atoms with Gasteiger partial charge in [-0.15, -0.1) is 12.4 Å². The van der Waals surface area contributed by atoms with Crippen molar-refractivity contribution in [1.82, 2.24) is 9.97 Å². The third-order valence-corrected chi connectivity index (χ3v) is 7.87. The third kappa shape index (κ3) is 6.69. The van der Waals surface area contributed by atoms with Gasteiger partial charge in [0.15, 0.2) is 0 Å². The first-order valence-corrected chi connectivity index (χ1v) is 13.9. The lowest BCUT2D eigenvalue weighted by atomic mass is 9.78. The molecule has 0 saturated heterocycles. The number of hydrogen-bond acceptors (Lipinski definition) is 5. The van der Waals surface area contributed by atoms with Crippen molar-refractivity contribution in [2.75, 3.05) is 23.8 Å². The molecule has 1 aliphatic heterocycles. The zero-order valence-electron chi connectivity index (χ0n) is 23.3. The Hall–Kier alpha value is -3.03. The van der Waals surface area contributed by atoms with E-state index >= 15 is 0 Å². The van der Waals surface area contributed by atoms with Crippen LogP contribution in [-0.4, -0.2) is 28.7 Å². The number of halogens is 1. The predicted octanol–water partition coefficient (Wildman–Crippen LogP) is 7.64. The van der Waals surface area contributed by atoms with E-state index in [-0.39, 0.29) is 23.2 Å². The van der Waals surface area contributed by atoms with Gasteiger partial charge in [0.1, 0.15) is 11.6 Å². The smallest absolute Gasteiger partial charge is 0.126 e. The second-order valence-corrected chi connectivity index (χ2v) is 13.2. The van der Waals surface area contributed by atoms with E-state index in [1.165, 1.54) is 0 Å². The van der Waals surface area contributed by atoms with Gasteiger partial charge in [-0.05, 0) is 58.7 Å². The normalized spacial score (nSPS) is 15.2. The minimum atomic E-state index is -0.507. The topological polar surface area (TPSA) is 88.0 Å². The van der Waals surface area contributed by atoms with E-state index < -0.39 is 10.7 Å². The highest BCUT2D eigenvalue weighted by atomic mass is 35.5. The van der Waals surface area contributed by atoms with Crippen molar-refractivity contribution >= 4 is 34.5 Å². The summed E-state index contributed by atoms with van der Waals surface area (Å²) in [5, 5.41) is 16.4. The minimum absolute atomic E-state index is 0. The largest absolute Gasteiger partial charge is 0.507 e. The van der Waals surface area contributed by atoms with E-state index in [1.54, 1.807) is 0 Å². The van der Waals surface area contributed by atoms with Gasteiger partial charge in [0, 0.05) is 52.8 Å². The molecule has 1 atom stereocenters. The molecule has 1 aromatic heterocycles. The van der Waals surface area contributed by atoms with E-state index in [0.717, 1.165) is 44.5 Å². The Morgan fingerprint density at radius 3 is 2.16 bits per heavy atom. The fraction of sp³-hybridized carbons (Fsp3) is 0.367. The molecule has 2 heterocycles. The van der Waals surface area contributed by atoms with E-state index in [1.807, 2.05) is 23.8 Å². The van der Waals surface area contributed by atoms with E-state index in [9.17, 15) is 5.11 Å². The van der Waals surface area contributed by atoms with Gasteiger partial charge in [-0.25, -0.2) is 4.98 Å². The first kappa shape index (κ1) is 29.5. The lowest BCUT2D eigenvalue weighted by Crippen LogP contribution is -2.17. The lowest BCUT2D eigenvalue weighted by molar-refractivity contribution is 0.423. The molecule has 1 unspecified atom stereocenters. The minimum Gasteiger partial charge on any atom is -0.507 e. The van der Waals surface area contributed by atoms with E-state index in [4.69, 9.17) is 9.76 Å². The van der Waals surface area contributed by atoms with Gasteiger partial charge in [-0.2, -0.15) is 0 Å². The number of rotatable bonds is 7. The maximum atomic E-state index is 11.0.